The molecule has 0 aliphatic heterocycles. The zero-order valence-corrected chi connectivity index (χ0v) is 19.3. The van der Waals surface area contributed by atoms with E-state index in [2.05, 4.69) is 15.2 Å². The average molecular weight is 487 g/mol. The summed E-state index contributed by atoms with van der Waals surface area (Å²) in [5.74, 6) is 1.32. The summed E-state index contributed by atoms with van der Waals surface area (Å²) in [7, 11) is 0.161. The Morgan fingerprint density at radius 3 is 2.26 bits per heavy atom. The Morgan fingerprint density at radius 2 is 1.59 bits per heavy atom. The van der Waals surface area contributed by atoms with Crippen LogP contribution < -0.4 is 24.4 Å². The van der Waals surface area contributed by atoms with Gasteiger partial charge in [0.05, 0.1) is 43.8 Å². The molecule has 3 aromatic carbocycles. The van der Waals surface area contributed by atoms with Gasteiger partial charge in [0.1, 0.15) is 10.6 Å². The third kappa shape index (κ3) is 5.53. The molecule has 0 atom stereocenters. The molecule has 0 fully saturated rings. The first kappa shape index (κ1) is 24.3. The van der Waals surface area contributed by atoms with Crippen molar-refractivity contribution in [2.24, 2.45) is 5.10 Å². The van der Waals surface area contributed by atoms with Crippen molar-refractivity contribution >= 4 is 33.3 Å². The van der Waals surface area contributed by atoms with Gasteiger partial charge in [0.2, 0.25) is 0 Å². The molecular formula is C22H22N4O7S. The van der Waals surface area contributed by atoms with Crippen LogP contribution in [0.15, 0.2) is 70.7 Å². The molecule has 0 aliphatic rings. The number of nitrogens with one attached hydrogen (secondary N) is 2. The van der Waals surface area contributed by atoms with E-state index in [1.54, 1.807) is 36.4 Å². The van der Waals surface area contributed by atoms with Crippen molar-refractivity contribution in [1.29, 1.82) is 0 Å². The number of para-hydroxylation sites is 2. The van der Waals surface area contributed by atoms with Gasteiger partial charge in [-0.2, -0.15) is 5.10 Å². The van der Waals surface area contributed by atoms with E-state index in [1.165, 1.54) is 45.7 Å². The number of ether oxygens (including phenoxy) is 3. The van der Waals surface area contributed by atoms with Crippen LogP contribution in [0.2, 0.25) is 0 Å². The van der Waals surface area contributed by atoms with E-state index in [4.69, 9.17) is 14.2 Å². The van der Waals surface area contributed by atoms with Gasteiger partial charge in [-0.3, -0.25) is 20.3 Å². The fourth-order valence-corrected chi connectivity index (χ4v) is 4.22. The highest BCUT2D eigenvalue weighted by atomic mass is 32.2. The van der Waals surface area contributed by atoms with Crippen LogP contribution in [0.1, 0.15) is 5.56 Å². The molecule has 12 heteroatoms. The summed E-state index contributed by atoms with van der Waals surface area (Å²) in [6, 6.07) is 14.9. The number of nitrogens with zero attached hydrogens (tertiary/aromatic N) is 2. The second kappa shape index (κ2) is 10.5. The third-order valence-electron chi connectivity index (χ3n) is 4.62. The highest BCUT2D eigenvalue weighted by molar-refractivity contribution is 7.93. The Bertz CT molecular complexity index is 1330. The number of hydrogen-bond acceptors (Lipinski definition) is 9. The van der Waals surface area contributed by atoms with E-state index >= 15 is 0 Å². The topological polar surface area (TPSA) is 141 Å². The minimum atomic E-state index is -4.25. The standard InChI is InChI=1S/C22H22N4O7S/c1-31-19-7-5-4-6-17(19)25-34(29,30)22-13-16(26(27)28)9-10-18(22)24-23-14-15-8-11-20(32-2)21(12-15)33-3/h4-14,24-25H,1-3H3. The lowest BCUT2D eigenvalue weighted by molar-refractivity contribution is -0.385. The zero-order valence-electron chi connectivity index (χ0n) is 18.5. The normalized spacial score (nSPS) is 11.1. The third-order valence-corrected chi connectivity index (χ3v) is 6.03. The van der Waals surface area contributed by atoms with Crippen molar-refractivity contribution < 1.29 is 27.6 Å². The van der Waals surface area contributed by atoms with Gasteiger partial charge in [-0.05, 0) is 42.0 Å². The summed E-state index contributed by atoms with van der Waals surface area (Å²) in [6.45, 7) is 0. The number of hydrazone groups is 1. The Balaban J connectivity index is 1.94. The lowest BCUT2D eigenvalue weighted by Gasteiger charge is -2.14. The fourth-order valence-electron chi connectivity index (χ4n) is 2.98. The highest BCUT2D eigenvalue weighted by Crippen LogP contribution is 2.31. The largest absolute Gasteiger partial charge is 0.495 e. The van der Waals surface area contributed by atoms with Gasteiger partial charge in [0.15, 0.2) is 11.5 Å². The number of anilines is 2. The maximum atomic E-state index is 13.1. The van der Waals surface area contributed by atoms with Gasteiger partial charge in [-0.25, -0.2) is 8.42 Å². The van der Waals surface area contributed by atoms with E-state index < -0.39 is 20.6 Å². The molecule has 3 aromatic rings. The minimum absolute atomic E-state index is 0.0322. The number of hydrogen-bond donors (Lipinski definition) is 2. The van der Waals surface area contributed by atoms with Crippen LogP contribution in [0, 0.1) is 10.1 Å². The van der Waals surface area contributed by atoms with Crippen LogP contribution >= 0.6 is 0 Å². The quantitative estimate of drug-likeness (QED) is 0.250. The predicted molar refractivity (Wildman–Crippen MR) is 128 cm³/mol. The summed E-state index contributed by atoms with van der Waals surface area (Å²) in [6.07, 6.45) is 1.44. The number of nitro groups is 1. The number of non-ortho nitro benzene ring substituents is 1. The number of sulfonamides is 1. The lowest BCUT2D eigenvalue weighted by atomic mass is 10.2. The molecule has 0 bridgehead atoms. The smallest absolute Gasteiger partial charge is 0.270 e. The van der Waals surface area contributed by atoms with Gasteiger partial charge in [0, 0.05) is 12.1 Å². The molecule has 0 aliphatic carbocycles. The van der Waals surface area contributed by atoms with Crippen molar-refractivity contribution in [3.8, 4) is 17.2 Å². The van der Waals surface area contributed by atoms with Crippen molar-refractivity contribution in [3.05, 3.63) is 76.3 Å². The predicted octanol–water partition coefficient (Wildman–Crippen LogP) is 3.87. The summed E-state index contributed by atoms with van der Waals surface area (Å²) < 4.78 is 44.3. The van der Waals surface area contributed by atoms with Gasteiger partial charge in [-0.1, -0.05) is 12.1 Å². The van der Waals surface area contributed by atoms with Crippen LogP contribution in [0.3, 0.4) is 0 Å². The Labute approximate surface area is 196 Å². The van der Waals surface area contributed by atoms with Crippen molar-refractivity contribution in [3.63, 3.8) is 0 Å². The first-order valence-corrected chi connectivity index (χ1v) is 11.2. The SMILES string of the molecule is COc1ccccc1NS(=O)(=O)c1cc([N+](=O)[O-])ccc1NN=Cc1ccc(OC)c(OC)c1. The van der Waals surface area contributed by atoms with E-state index in [9.17, 15) is 18.5 Å². The Kier molecular flexibility index (Phi) is 7.53. The van der Waals surface area contributed by atoms with Gasteiger partial charge < -0.3 is 14.2 Å². The van der Waals surface area contributed by atoms with E-state index in [0.717, 1.165) is 6.07 Å². The molecule has 3 rings (SSSR count). The van der Waals surface area contributed by atoms with Crippen LogP contribution in [0.4, 0.5) is 17.1 Å². The molecule has 0 radical (unpaired) electrons. The summed E-state index contributed by atoms with van der Waals surface area (Å²) in [5.41, 5.74) is 3.10. The molecule has 0 unspecified atom stereocenters. The van der Waals surface area contributed by atoms with Gasteiger partial charge >= 0.3 is 0 Å². The monoisotopic (exact) mass is 486 g/mol. The van der Waals surface area contributed by atoms with Crippen LogP contribution in [0.25, 0.3) is 0 Å². The van der Waals surface area contributed by atoms with Crippen LogP contribution in [0.5, 0.6) is 17.2 Å². The lowest BCUT2D eigenvalue weighted by Crippen LogP contribution is -2.15. The second-order valence-electron chi connectivity index (χ2n) is 6.73. The van der Waals surface area contributed by atoms with Gasteiger partial charge in [-0.15, -0.1) is 0 Å². The minimum Gasteiger partial charge on any atom is -0.495 e. The molecule has 0 saturated heterocycles. The maximum Gasteiger partial charge on any atom is 0.270 e. The Hall–Kier alpha value is -4.32. The van der Waals surface area contributed by atoms with Crippen LogP contribution in [-0.2, 0) is 10.0 Å². The van der Waals surface area contributed by atoms with Crippen molar-refractivity contribution in [2.75, 3.05) is 31.5 Å². The summed E-state index contributed by atoms with van der Waals surface area (Å²) >= 11 is 0. The summed E-state index contributed by atoms with van der Waals surface area (Å²) in [5, 5.41) is 15.3. The molecule has 34 heavy (non-hydrogen) atoms. The molecule has 2 N–H and O–H groups in total. The first-order valence-electron chi connectivity index (χ1n) is 9.74. The van der Waals surface area contributed by atoms with E-state index in [0.29, 0.717) is 17.1 Å². The molecule has 0 saturated carbocycles. The van der Waals surface area contributed by atoms with Crippen molar-refractivity contribution in [1.82, 2.24) is 0 Å². The molecule has 0 heterocycles. The van der Waals surface area contributed by atoms with E-state index in [-0.39, 0.29) is 22.0 Å². The molecule has 11 nitrogen and oxygen atoms in total. The molecule has 178 valence electrons. The number of nitro benzene ring substituents is 1. The molecular weight excluding hydrogens is 464 g/mol. The molecule has 0 spiro atoms. The summed E-state index contributed by atoms with van der Waals surface area (Å²) in [4.78, 5) is 10.2. The Morgan fingerprint density at radius 1 is 0.882 bits per heavy atom. The molecule has 0 aromatic heterocycles. The molecule has 0 amide bonds. The van der Waals surface area contributed by atoms with Crippen LogP contribution in [-0.4, -0.2) is 40.9 Å². The van der Waals surface area contributed by atoms with Gasteiger partial charge in [0.25, 0.3) is 15.7 Å². The number of rotatable bonds is 10. The highest BCUT2D eigenvalue weighted by Gasteiger charge is 2.23. The van der Waals surface area contributed by atoms with E-state index in [1.807, 2.05) is 0 Å². The number of benzene rings is 3. The fraction of sp³-hybridized carbons (Fsp3) is 0.136. The first-order chi connectivity index (χ1) is 16.3. The second-order valence-corrected chi connectivity index (χ2v) is 8.38. The van der Waals surface area contributed by atoms with Crippen molar-refractivity contribution in [2.45, 2.75) is 4.90 Å². The number of methoxy groups -OCH3 is 3. The average Bonchev–Trinajstić information content (AvgIpc) is 2.84. The maximum absolute atomic E-state index is 13.1. The zero-order chi connectivity index (χ0) is 24.7.